The number of pyridine rings is 1. The SMILES string of the molecule is COc1cccc(-c2nc3ccc(C)cn3c2C=CC(=O)O)c1. The van der Waals surface area contributed by atoms with Crippen LogP contribution in [0.3, 0.4) is 0 Å². The fourth-order valence-electron chi connectivity index (χ4n) is 2.46. The molecule has 0 saturated carbocycles. The maximum Gasteiger partial charge on any atom is 0.328 e. The van der Waals surface area contributed by atoms with Gasteiger partial charge in [0.15, 0.2) is 0 Å². The van der Waals surface area contributed by atoms with Gasteiger partial charge in [-0.1, -0.05) is 18.2 Å². The van der Waals surface area contributed by atoms with Gasteiger partial charge in [-0.25, -0.2) is 9.78 Å². The van der Waals surface area contributed by atoms with E-state index in [1.165, 1.54) is 0 Å². The molecule has 0 radical (unpaired) electrons. The fraction of sp³-hybridized carbons (Fsp3) is 0.111. The highest BCUT2D eigenvalue weighted by molar-refractivity contribution is 5.87. The second-order valence-electron chi connectivity index (χ2n) is 5.18. The zero-order valence-electron chi connectivity index (χ0n) is 12.9. The monoisotopic (exact) mass is 308 g/mol. The van der Waals surface area contributed by atoms with Crippen molar-refractivity contribution in [3.63, 3.8) is 0 Å². The molecule has 3 aromatic rings. The number of aromatic nitrogens is 2. The van der Waals surface area contributed by atoms with Gasteiger partial charge in [-0.15, -0.1) is 0 Å². The van der Waals surface area contributed by atoms with Crippen LogP contribution in [0.4, 0.5) is 0 Å². The number of carbonyl (C=O) groups is 1. The molecular weight excluding hydrogens is 292 g/mol. The van der Waals surface area contributed by atoms with E-state index in [9.17, 15) is 4.79 Å². The molecule has 0 aliphatic rings. The summed E-state index contributed by atoms with van der Waals surface area (Å²) in [5.41, 5.74) is 4.14. The summed E-state index contributed by atoms with van der Waals surface area (Å²) in [6.45, 7) is 1.98. The number of nitrogens with zero attached hydrogens (tertiary/aromatic N) is 2. The average Bonchev–Trinajstić information content (AvgIpc) is 2.90. The van der Waals surface area contributed by atoms with Gasteiger partial charge in [-0.3, -0.25) is 4.40 Å². The number of fused-ring (bicyclic) bond motifs is 1. The van der Waals surface area contributed by atoms with E-state index in [1.807, 2.05) is 53.9 Å². The van der Waals surface area contributed by atoms with Crippen LogP contribution in [-0.4, -0.2) is 27.6 Å². The molecule has 0 aliphatic carbocycles. The Morgan fingerprint density at radius 2 is 2.13 bits per heavy atom. The Hall–Kier alpha value is -3.08. The number of ether oxygens (including phenoxy) is 1. The van der Waals surface area contributed by atoms with Gasteiger partial charge in [-0.2, -0.15) is 0 Å². The van der Waals surface area contributed by atoms with Gasteiger partial charge < -0.3 is 9.84 Å². The first-order valence-corrected chi connectivity index (χ1v) is 7.12. The molecule has 5 nitrogen and oxygen atoms in total. The number of carboxylic acid groups (broad SMARTS) is 1. The van der Waals surface area contributed by atoms with Crippen LogP contribution < -0.4 is 4.74 Å². The molecule has 0 atom stereocenters. The zero-order valence-corrected chi connectivity index (χ0v) is 12.9. The largest absolute Gasteiger partial charge is 0.497 e. The van der Waals surface area contributed by atoms with Gasteiger partial charge >= 0.3 is 5.97 Å². The summed E-state index contributed by atoms with van der Waals surface area (Å²) in [4.78, 5) is 15.5. The maximum atomic E-state index is 10.9. The summed E-state index contributed by atoms with van der Waals surface area (Å²) < 4.78 is 7.15. The number of aryl methyl sites for hydroxylation is 1. The first kappa shape index (κ1) is 14.8. The average molecular weight is 308 g/mol. The van der Waals surface area contributed by atoms with Crippen LogP contribution in [0.15, 0.2) is 48.7 Å². The first-order chi connectivity index (χ1) is 11.1. The van der Waals surface area contributed by atoms with Crippen molar-refractivity contribution in [1.29, 1.82) is 0 Å². The molecule has 0 bridgehead atoms. The second kappa shape index (κ2) is 5.96. The molecule has 0 unspecified atom stereocenters. The van der Waals surface area contributed by atoms with E-state index < -0.39 is 5.97 Å². The van der Waals surface area contributed by atoms with Crippen molar-refractivity contribution >= 4 is 17.7 Å². The predicted octanol–water partition coefficient (Wildman–Crippen LogP) is 3.42. The number of benzene rings is 1. The molecular formula is C18H16N2O3. The number of rotatable bonds is 4. The topological polar surface area (TPSA) is 63.8 Å². The summed E-state index contributed by atoms with van der Waals surface area (Å²) in [5, 5.41) is 8.95. The molecule has 116 valence electrons. The minimum absolute atomic E-state index is 0.715. The van der Waals surface area contributed by atoms with E-state index in [4.69, 9.17) is 9.84 Å². The minimum Gasteiger partial charge on any atom is -0.497 e. The van der Waals surface area contributed by atoms with Crippen LogP contribution in [0.1, 0.15) is 11.3 Å². The number of hydrogen-bond donors (Lipinski definition) is 1. The molecule has 2 heterocycles. The van der Waals surface area contributed by atoms with Crippen molar-refractivity contribution in [2.45, 2.75) is 6.92 Å². The van der Waals surface area contributed by atoms with Crippen LogP contribution in [0, 0.1) is 6.92 Å². The van der Waals surface area contributed by atoms with E-state index in [-0.39, 0.29) is 0 Å². The lowest BCUT2D eigenvalue weighted by Gasteiger charge is -2.04. The van der Waals surface area contributed by atoms with Crippen molar-refractivity contribution in [3.05, 3.63) is 59.9 Å². The fourth-order valence-corrected chi connectivity index (χ4v) is 2.46. The van der Waals surface area contributed by atoms with E-state index in [0.717, 1.165) is 34.3 Å². The maximum absolute atomic E-state index is 10.9. The van der Waals surface area contributed by atoms with Gasteiger partial charge in [0.1, 0.15) is 11.4 Å². The van der Waals surface area contributed by atoms with E-state index in [1.54, 1.807) is 13.2 Å². The Bertz CT molecular complexity index is 910. The third-order valence-corrected chi connectivity index (χ3v) is 3.53. The van der Waals surface area contributed by atoms with Crippen LogP contribution in [0.5, 0.6) is 5.75 Å². The number of aliphatic carboxylic acids is 1. The molecule has 1 N–H and O–H groups in total. The summed E-state index contributed by atoms with van der Waals surface area (Å²) in [6.07, 6.45) is 4.62. The summed E-state index contributed by atoms with van der Waals surface area (Å²) in [5.74, 6) is -0.270. The van der Waals surface area contributed by atoms with Gasteiger partial charge in [-0.05, 0) is 36.8 Å². The van der Waals surface area contributed by atoms with Crippen LogP contribution in [-0.2, 0) is 4.79 Å². The minimum atomic E-state index is -0.996. The van der Waals surface area contributed by atoms with Crippen molar-refractivity contribution < 1.29 is 14.6 Å². The summed E-state index contributed by atoms with van der Waals surface area (Å²) in [6, 6.07) is 11.4. The predicted molar refractivity (Wildman–Crippen MR) is 88.6 cm³/mol. The lowest BCUT2D eigenvalue weighted by molar-refractivity contribution is -0.131. The number of imidazole rings is 1. The Balaban J connectivity index is 2.26. The summed E-state index contributed by atoms with van der Waals surface area (Å²) >= 11 is 0. The van der Waals surface area contributed by atoms with Gasteiger partial charge in [0.05, 0.1) is 18.5 Å². The van der Waals surface area contributed by atoms with Crippen LogP contribution in [0.25, 0.3) is 23.0 Å². The van der Waals surface area contributed by atoms with Crippen LogP contribution >= 0.6 is 0 Å². The molecule has 0 spiro atoms. The van der Waals surface area contributed by atoms with E-state index in [2.05, 4.69) is 4.98 Å². The highest BCUT2D eigenvalue weighted by Crippen LogP contribution is 2.28. The molecule has 0 amide bonds. The molecule has 23 heavy (non-hydrogen) atoms. The Morgan fingerprint density at radius 3 is 2.87 bits per heavy atom. The van der Waals surface area contributed by atoms with Crippen molar-refractivity contribution in [2.24, 2.45) is 0 Å². The number of methoxy groups -OCH3 is 1. The lowest BCUT2D eigenvalue weighted by Crippen LogP contribution is -1.92. The highest BCUT2D eigenvalue weighted by atomic mass is 16.5. The molecule has 0 fully saturated rings. The molecule has 0 aliphatic heterocycles. The normalized spacial score (nSPS) is 11.2. The highest BCUT2D eigenvalue weighted by Gasteiger charge is 2.13. The summed E-state index contributed by atoms with van der Waals surface area (Å²) in [7, 11) is 1.61. The molecule has 2 aromatic heterocycles. The Labute approximate surface area is 133 Å². The molecule has 1 aromatic carbocycles. The van der Waals surface area contributed by atoms with Gasteiger partial charge in [0.2, 0.25) is 0 Å². The molecule has 3 rings (SSSR count). The lowest BCUT2D eigenvalue weighted by atomic mass is 10.1. The van der Waals surface area contributed by atoms with Crippen molar-refractivity contribution in [2.75, 3.05) is 7.11 Å². The third kappa shape index (κ3) is 2.94. The van der Waals surface area contributed by atoms with Crippen molar-refractivity contribution in [3.8, 4) is 17.0 Å². The number of carboxylic acids is 1. The smallest absolute Gasteiger partial charge is 0.328 e. The van der Waals surface area contributed by atoms with Gasteiger partial charge in [0, 0.05) is 17.8 Å². The molecule has 5 heteroatoms. The first-order valence-electron chi connectivity index (χ1n) is 7.12. The third-order valence-electron chi connectivity index (χ3n) is 3.53. The van der Waals surface area contributed by atoms with Gasteiger partial charge in [0.25, 0.3) is 0 Å². The second-order valence-corrected chi connectivity index (χ2v) is 5.18. The standard InChI is InChI=1S/C18H16N2O3/c1-12-6-8-16-19-18(13-4-3-5-14(10-13)23-2)15(20(16)11-12)7-9-17(21)22/h3-11H,1-2H3,(H,21,22). The quantitative estimate of drug-likeness (QED) is 0.750. The Morgan fingerprint density at radius 1 is 1.30 bits per heavy atom. The van der Waals surface area contributed by atoms with E-state index in [0.29, 0.717) is 5.69 Å². The zero-order chi connectivity index (χ0) is 16.4. The molecule has 0 saturated heterocycles. The Kier molecular flexibility index (Phi) is 3.85. The van der Waals surface area contributed by atoms with Crippen molar-refractivity contribution in [1.82, 2.24) is 9.38 Å². The number of hydrogen-bond acceptors (Lipinski definition) is 3. The van der Waals surface area contributed by atoms with E-state index >= 15 is 0 Å². The van der Waals surface area contributed by atoms with Crippen LogP contribution in [0.2, 0.25) is 0 Å².